The second-order valence-corrected chi connectivity index (χ2v) is 6.77. The van der Waals surface area contributed by atoms with Gasteiger partial charge < -0.3 is 14.2 Å². The first-order valence-corrected chi connectivity index (χ1v) is 9.38. The van der Waals surface area contributed by atoms with Crippen molar-refractivity contribution in [2.75, 3.05) is 21.3 Å². The van der Waals surface area contributed by atoms with Crippen LogP contribution in [-0.2, 0) is 0 Å². The average molecular weight is 400 g/mol. The lowest BCUT2D eigenvalue weighted by Gasteiger charge is -2.17. The fourth-order valence-corrected chi connectivity index (χ4v) is 3.66. The molecule has 5 heteroatoms. The Balaban J connectivity index is 1.72. The Hall–Kier alpha value is -3.86. The quantitative estimate of drug-likeness (QED) is 0.456. The van der Waals surface area contributed by atoms with Crippen LogP contribution in [0.1, 0.15) is 43.0 Å². The van der Waals surface area contributed by atoms with Gasteiger partial charge in [0.15, 0.2) is 23.1 Å². The predicted octanol–water partition coefficient (Wildman–Crippen LogP) is 4.66. The number of carbonyl (C=O) groups excluding carboxylic acids is 2. The molecule has 0 aromatic heterocycles. The molecule has 0 saturated heterocycles. The van der Waals surface area contributed by atoms with E-state index in [2.05, 4.69) is 0 Å². The molecule has 30 heavy (non-hydrogen) atoms. The minimum absolute atomic E-state index is 0.128. The van der Waals surface area contributed by atoms with Gasteiger partial charge in [0.25, 0.3) is 0 Å². The van der Waals surface area contributed by atoms with Gasteiger partial charge >= 0.3 is 0 Å². The predicted molar refractivity (Wildman–Crippen MR) is 115 cm³/mol. The Kier molecular flexibility index (Phi) is 5.11. The van der Waals surface area contributed by atoms with E-state index in [1.807, 2.05) is 24.3 Å². The molecule has 0 amide bonds. The maximum absolute atomic E-state index is 12.9. The normalized spacial score (nSPS) is 12.5. The Morgan fingerprint density at radius 2 is 1.27 bits per heavy atom. The number of carbonyl (C=O) groups is 2. The van der Waals surface area contributed by atoms with Gasteiger partial charge in [0, 0.05) is 27.8 Å². The van der Waals surface area contributed by atoms with Gasteiger partial charge in [-0.05, 0) is 29.8 Å². The highest BCUT2D eigenvalue weighted by Gasteiger charge is 2.29. The molecule has 0 radical (unpaired) electrons. The van der Waals surface area contributed by atoms with Crippen molar-refractivity contribution in [1.29, 1.82) is 0 Å². The lowest BCUT2D eigenvalue weighted by Crippen LogP contribution is -2.20. The lowest BCUT2D eigenvalue weighted by atomic mass is 9.83. The van der Waals surface area contributed by atoms with Crippen molar-refractivity contribution >= 4 is 23.7 Å². The zero-order chi connectivity index (χ0) is 21.3. The molecule has 0 spiro atoms. The van der Waals surface area contributed by atoms with E-state index >= 15 is 0 Å². The van der Waals surface area contributed by atoms with Crippen LogP contribution in [0.15, 0.2) is 54.6 Å². The molecule has 0 fully saturated rings. The molecule has 1 aliphatic carbocycles. The average Bonchev–Trinajstić information content (AvgIpc) is 2.80. The summed E-state index contributed by atoms with van der Waals surface area (Å²) in [6.07, 6.45) is 3.73. The summed E-state index contributed by atoms with van der Waals surface area (Å²) in [6.45, 7) is 0. The number of ketones is 2. The molecule has 3 aromatic rings. The van der Waals surface area contributed by atoms with Crippen LogP contribution >= 0.6 is 0 Å². The number of hydrogen-bond donors (Lipinski definition) is 0. The minimum Gasteiger partial charge on any atom is -0.493 e. The van der Waals surface area contributed by atoms with Crippen molar-refractivity contribution in [3.8, 4) is 17.2 Å². The van der Waals surface area contributed by atoms with Crippen LogP contribution in [-0.4, -0.2) is 32.9 Å². The van der Waals surface area contributed by atoms with Gasteiger partial charge in [-0.1, -0.05) is 42.5 Å². The Bertz CT molecular complexity index is 1190. The topological polar surface area (TPSA) is 61.8 Å². The molecular weight excluding hydrogens is 380 g/mol. The van der Waals surface area contributed by atoms with Gasteiger partial charge in [0.2, 0.25) is 5.75 Å². The molecule has 0 aliphatic heterocycles. The number of fused-ring (bicyclic) bond motifs is 2. The molecule has 0 saturated carbocycles. The van der Waals surface area contributed by atoms with E-state index in [0.29, 0.717) is 39.5 Å². The molecule has 1 aliphatic rings. The maximum atomic E-state index is 12.9. The van der Waals surface area contributed by atoms with Gasteiger partial charge in [-0.15, -0.1) is 0 Å². The molecular formula is C25H20O5. The Labute approximate surface area is 174 Å². The van der Waals surface area contributed by atoms with E-state index in [1.165, 1.54) is 0 Å². The number of benzene rings is 3. The van der Waals surface area contributed by atoms with E-state index < -0.39 is 0 Å². The number of ether oxygens (including phenoxy) is 3. The molecule has 0 heterocycles. The van der Waals surface area contributed by atoms with Gasteiger partial charge in [-0.25, -0.2) is 0 Å². The summed E-state index contributed by atoms with van der Waals surface area (Å²) in [4.78, 5) is 25.7. The van der Waals surface area contributed by atoms with Crippen molar-refractivity contribution < 1.29 is 23.8 Å². The van der Waals surface area contributed by atoms with Crippen LogP contribution in [0.4, 0.5) is 0 Å². The van der Waals surface area contributed by atoms with Crippen molar-refractivity contribution in [3.05, 3.63) is 88.0 Å². The third-order valence-corrected chi connectivity index (χ3v) is 5.14. The van der Waals surface area contributed by atoms with Gasteiger partial charge in [-0.2, -0.15) is 0 Å². The van der Waals surface area contributed by atoms with Crippen molar-refractivity contribution in [1.82, 2.24) is 0 Å². The first-order chi connectivity index (χ1) is 14.6. The van der Waals surface area contributed by atoms with Crippen LogP contribution in [0.2, 0.25) is 0 Å². The van der Waals surface area contributed by atoms with Gasteiger partial charge in [-0.3, -0.25) is 9.59 Å². The van der Waals surface area contributed by atoms with Crippen LogP contribution in [0.5, 0.6) is 17.2 Å². The van der Waals surface area contributed by atoms with Crippen LogP contribution < -0.4 is 14.2 Å². The van der Waals surface area contributed by atoms with Crippen LogP contribution in [0, 0.1) is 0 Å². The standard InChI is InChI=1S/C25H20O5/c1-28-21-13-11-16(24(29-2)25(21)30-3)10-8-15-9-12-19-20(14-15)23(27)18-7-5-4-6-17(18)22(19)26/h4-14H,1-3H3. The molecule has 150 valence electrons. The highest BCUT2D eigenvalue weighted by atomic mass is 16.5. The molecule has 4 rings (SSSR count). The monoisotopic (exact) mass is 400 g/mol. The highest BCUT2D eigenvalue weighted by molar-refractivity contribution is 6.28. The van der Waals surface area contributed by atoms with Crippen molar-refractivity contribution in [2.45, 2.75) is 0 Å². The van der Waals surface area contributed by atoms with Gasteiger partial charge in [0.05, 0.1) is 21.3 Å². The van der Waals surface area contributed by atoms with Crippen LogP contribution in [0.3, 0.4) is 0 Å². The summed E-state index contributed by atoms with van der Waals surface area (Å²) >= 11 is 0. The summed E-state index contributed by atoms with van der Waals surface area (Å²) in [5.41, 5.74) is 3.33. The fraction of sp³-hybridized carbons (Fsp3) is 0.120. The summed E-state index contributed by atoms with van der Waals surface area (Å²) in [5, 5.41) is 0. The summed E-state index contributed by atoms with van der Waals surface area (Å²) in [5.74, 6) is 1.36. The Morgan fingerprint density at radius 1 is 0.633 bits per heavy atom. The van der Waals surface area contributed by atoms with Crippen molar-refractivity contribution in [2.24, 2.45) is 0 Å². The number of methoxy groups -OCH3 is 3. The third kappa shape index (κ3) is 3.14. The van der Waals surface area contributed by atoms with E-state index in [9.17, 15) is 9.59 Å². The molecule has 0 unspecified atom stereocenters. The lowest BCUT2D eigenvalue weighted by molar-refractivity contribution is 0.0979. The molecule has 5 nitrogen and oxygen atoms in total. The summed E-state index contributed by atoms with van der Waals surface area (Å²) in [6, 6.07) is 15.8. The van der Waals surface area contributed by atoms with Gasteiger partial charge in [0.1, 0.15) is 0 Å². The molecule has 0 bridgehead atoms. The largest absolute Gasteiger partial charge is 0.493 e. The SMILES string of the molecule is COc1ccc(C=Cc2ccc3c(c2)C(=O)c2ccccc2C3=O)c(OC)c1OC. The van der Waals surface area contributed by atoms with Crippen molar-refractivity contribution in [3.63, 3.8) is 0 Å². The van der Waals surface area contributed by atoms with E-state index in [4.69, 9.17) is 14.2 Å². The molecule has 0 N–H and O–H groups in total. The second-order valence-electron chi connectivity index (χ2n) is 6.77. The number of rotatable bonds is 5. The minimum atomic E-state index is -0.140. The zero-order valence-corrected chi connectivity index (χ0v) is 16.9. The molecule has 3 aromatic carbocycles. The van der Waals surface area contributed by atoms with Crippen LogP contribution in [0.25, 0.3) is 12.2 Å². The smallest absolute Gasteiger partial charge is 0.203 e. The zero-order valence-electron chi connectivity index (χ0n) is 16.9. The summed E-state index contributed by atoms with van der Waals surface area (Å²) < 4.78 is 16.2. The third-order valence-electron chi connectivity index (χ3n) is 5.14. The van der Waals surface area contributed by atoms with E-state index in [0.717, 1.165) is 11.1 Å². The fourth-order valence-electron chi connectivity index (χ4n) is 3.66. The van der Waals surface area contributed by atoms with E-state index in [1.54, 1.807) is 63.8 Å². The Morgan fingerprint density at radius 3 is 1.90 bits per heavy atom. The molecule has 0 atom stereocenters. The number of hydrogen-bond acceptors (Lipinski definition) is 5. The first kappa shape index (κ1) is 19.5. The maximum Gasteiger partial charge on any atom is 0.203 e. The highest BCUT2D eigenvalue weighted by Crippen LogP contribution is 2.40. The second kappa shape index (κ2) is 7.87. The van der Waals surface area contributed by atoms with E-state index in [-0.39, 0.29) is 11.6 Å². The summed E-state index contributed by atoms with van der Waals surface area (Å²) in [7, 11) is 4.68. The first-order valence-electron chi connectivity index (χ1n) is 9.38.